The van der Waals surface area contributed by atoms with Crippen molar-refractivity contribution in [3.05, 3.63) is 21.8 Å². The first kappa shape index (κ1) is 19.5. The molecule has 0 saturated carbocycles. The van der Waals surface area contributed by atoms with Crippen LogP contribution in [0, 0.1) is 6.92 Å². The van der Waals surface area contributed by atoms with Crippen LogP contribution in [0.5, 0.6) is 0 Å². The zero-order valence-corrected chi connectivity index (χ0v) is 16.0. The van der Waals surface area contributed by atoms with Crippen molar-refractivity contribution in [3.8, 4) is 0 Å². The highest BCUT2D eigenvalue weighted by atomic mass is 32.1. The Morgan fingerprint density at radius 2 is 2.00 bits per heavy atom. The fourth-order valence-corrected chi connectivity index (χ4v) is 3.40. The van der Waals surface area contributed by atoms with Gasteiger partial charge in [-0.05, 0) is 29.8 Å². The molecule has 0 saturated heterocycles. The summed E-state index contributed by atoms with van der Waals surface area (Å²) in [6.45, 7) is 3.52. The Morgan fingerprint density at radius 3 is 2.54 bits per heavy atom. The summed E-state index contributed by atoms with van der Waals surface area (Å²) in [5.41, 5.74) is 0.661. The van der Waals surface area contributed by atoms with Gasteiger partial charge in [0.1, 0.15) is 5.00 Å². The van der Waals surface area contributed by atoms with Gasteiger partial charge in [0.15, 0.2) is 5.82 Å². The number of aryl methyl sites for hydroxylation is 1. The molecule has 11 heteroatoms. The molecule has 0 spiro atoms. The maximum atomic E-state index is 12.3. The van der Waals surface area contributed by atoms with Crippen LogP contribution in [0.1, 0.15) is 38.3 Å². The summed E-state index contributed by atoms with van der Waals surface area (Å²) in [6, 6.07) is 0. The molecular formula is C15H20N6O4S. The summed E-state index contributed by atoms with van der Waals surface area (Å²) >= 11 is 1.04. The van der Waals surface area contributed by atoms with Crippen LogP contribution in [0.3, 0.4) is 0 Å². The van der Waals surface area contributed by atoms with Crippen molar-refractivity contribution in [2.24, 2.45) is 7.05 Å². The quantitative estimate of drug-likeness (QED) is 0.730. The van der Waals surface area contributed by atoms with Crippen LogP contribution in [-0.2, 0) is 23.0 Å². The third-order valence-electron chi connectivity index (χ3n) is 3.51. The normalized spacial score (nSPS) is 10.5. The molecule has 2 heterocycles. The van der Waals surface area contributed by atoms with Gasteiger partial charge in [-0.1, -0.05) is 0 Å². The summed E-state index contributed by atoms with van der Waals surface area (Å²) in [4.78, 5) is 38.8. The molecule has 0 aliphatic rings. The summed E-state index contributed by atoms with van der Waals surface area (Å²) < 4.78 is 6.45. The molecule has 0 fully saturated rings. The molecule has 0 aliphatic carbocycles. The number of nitrogens with zero attached hydrogens (tertiary/aromatic N) is 5. The van der Waals surface area contributed by atoms with Crippen molar-refractivity contribution < 1.29 is 19.1 Å². The second kappa shape index (κ2) is 8.04. The molecule has 140 valence electrons. The van der Waals surface area contributed by atoms with Gasteiger partial charge in [-0.25, -0.2) is 9.48 Å². The van der Waals surface area contributed by atoms with Crippen molar-refractivity contribution in [2.75, 3.05) is 26.0 Å². The van der Waals surface area contributed by atoms with Gasteiger partial charge in [0.25, 0.3) is 5.91 Å². The molecular weight excluding hydrogens is 360 g/mol. The average Bonchev–Trinajstić information content (AvgIpc) is 3.10. The fourth-order valence-electron chi connectivity index (χ4n) is 2.17. The zero-order chi connectivity index (χ0) is 19.4. The number of nitrogens with one attached hydrogen (secondary N) is 1. The van der Waals surface area contributed by atoms with Crippen LogP contribution in [0.4, 0.5) is 5.00 Å². The largest absolute Gasteiger partial charge is 0.462 e. The number of amides is 2. The number of thiophene rings is 1. The molecule has 0 radical (unpaired) electrons. The zero-order valence-electron chi connectivity index (χ0n) is 15.2. The third-order valence-corrected chi connectivity index (χ3v) is 4.70. The van der Waals surface area contributed by atoms with Crippen LogP contribution in [0.25, 0.3) is 0 Å². The van der Waals surface area contributed by atoms with Crippen LogP contribution < -0.4 is 5.32 Å². The Labute approximate surface area is 154 Å². The number of hydrogen-bond acceptors (Lipinski definition) is 8. The molecule has 0 unspecified atom stereocenters. The molecule has 2 aromatic heterocycles. The molecule has 10 nitrogen and oxygen atoms in total. The highest BCUT2D eigenvalue weighted by Crippen LogP contribution is 2.34. The number of ether oxygens (including phenoxy) is 1. The molecule has 1 N–H and O–H groups in total. The topological polar surface area (TPSA) is 119 Å². The first-order valence-electron chi connectivity index (χ1n) is 7.79. The molecule has 0 bridgehead atoms. The predicted octanol–water partition coefficient (Wildman–Crippen LogP) is 0.640. The van der Waals surface area contributed by atoms with Gasteiger partial charge in [0.05, 0.1) is 23.5 Å². The van der Waals surface area contributed by atoms with E-state index in [1.165, 1.54) is 9.58 Å². The Morgan fingerprint density at radius 1 is 1.31 bits per heavy atom. The lowest BCUT2D eigenvalue weighted by molar-refractivity contribution is -0.115. The first-order chi connectivity index (χ1) is 12.3. The van der Waals surface area contributed by atoms with E-state index in [-0.39, 0.29) is 29.5 Å². The number of hydrogen-bond donors (Lipinski definition) is 1. The van der Waals surface area contributed by atoms with Gasteiger partial charge in [0.2, 0.25) is 5.91 Å². The Kier molecular flexibility index (Phi) is 6.03. The molecule has 0 aliphatic heterocycles. The van der Waals surface area contributed by atoms with Crippen LogP contribution in [0.2, 0.25) is 0 Å². The minimum Gasteiger partial charge on any atom is -0.462 e. The highest BCUT2D eigenvalue weighted by Gasteiger charge is 2.27. The maximum Gasteiger partial charge on any atom is 0.341 e. The number of carbonyl (C=O) groups is 3. The van der Waals surface area contributed by atoms with Crippen LogP contribution in [0.15, 0.2) is 0 Å². The van der Waals surface area contributed by atoms with E-state index in [1.54, 1.807) is 35.0 Å². The van der Waals surface area contributed by atoms with E-state index < -0.39 is 11.9 Å². The Balaban J connectivity index is 2.34. The van der Waals surface area contributed by atoms with E-state index in [2.05, 4.69) is 20.8 Å². The van der Waals surface area contributed by atoms with Crippen molar-refractivity contribution >= 4 is 34.1 Å². The van der Waals surface area contributed by atoms with E-state index in [1.807, 2.05) is 0 Å². The lowest BCUT2D eigenvalue weighted by Crippen LogP contribution is -2.21. The fraction of sp³-hybridized carbons (Fsp3) is 0.467. The van der Waals surface area contributed by atoms with Gasteiger partial charge >= 0.3 is 5.97 Å². The maximum absolute atomic E-state index is 12.3. The Hall–Kier alpha value is -2.82. The Bertz CT molecular complexity index is 841. The molecule has 2 amide bonds. The van der Waals surface area contributed by atoms with Crippen LogP contribution in [-0.4, -0.2) is 63.6 Å². The minimum absolute atomic E-state index is 0.0698. The van der Waals surface area contributed by atoms with E-state index in [0.717, 1.165) is 11.3 Å². The van der Waals surface area contributed by atoms with E-state index >= 15 is 0 Å². The number of esters is 1. The summed E-state index contributed by atoms with van der Waals surface area (Å²) in [6.07, 6.45) is -0.0698. The van der Waals surface area contributed by atoms with Gasteiger partial charge in [0, 0.05) is 21.1 Å². The molecule has 0 atom stereocenters. The second-order valence-electron chi connectivity index (χ2n) is 5.62. The SMILES string of the molecule is CCOC(=O)c1c(NC(=O)Cc2nnnn2C)sc(C(=O)N(C)C)c1C. The van der Waals surface area contributed by atoms with E-state index in [9.17, 15) is 14.4 Å². The molecule has 26 heavy (non-hydrogen) atoms. The van der Waals surface area contributed by atoms with Gasteiger partial charge in [-0.15, -0.1) is 16.4 Å². The van der Waals surface area contributed by atoms with Crippen molar-refractivity contribution in [1.29, 1.82) is 0 Å². The smallest absolute Gasteiger partial charge is 0.341 e. The van der Waals surface area contributed by atoms with Gasteiger partial charge in [-0.3, -0.25) is 9.59 Å². The third kappa shape index (κ3) is 4.04. The van der Waals surface area contributed by atoms with Crippen molar-refractivity contribution in [3.63, 3.8) is 0 Å². The van der Waals surface area contributed by atoms with E-state index in [0.29, 0.717) is 16.3 Å². The number of tetrazole rings is 1. The van der Waals surface area contributed by atoms with Gasteiger partial charge in [-0.2, -0.15) is 0 Å². The van der Waals surface area contributed by atoms with Crippen molar-refractivity contribution in [2.45, 2.75) is 20.3 Å². The lowest BCUT2D eigenvalue weighted by atomic mass is 10.1. The number of anilines is 1. The summed E-state index contributed by atoms with van der Waals surface area (Å²) in [5, 5.41) is 13.8. The monoisotopic (exact) mass is 380 g/mol. The predicted molar refractivity (Wildman–Crippen MR) is 94.2 cm³/mol. The highest BCUT2D eigenvalue weighted by molar-refractivity contribution is 7.18. The molecule has 0 aromatic carbocycles. The van der Waals surface area contributed by atoms with Crippen LogP contribution >= 0.6 is 11.3 Å². The summed E-state index contributed by atoms with van der Waals surface area (Å²) in [5.74, 6) is -0.873. The lowest BCUT2D eigenvalue weighted by Gasteiger charge is -2.09. The average molecular weight is 380 g/mol. The summed E-state index contributed by atoms with van der Waals surface area (Å²) in [7, 11) is 4.85. The van der Waals surface area contributed by atoms with Gasteiger partial charge < -0.3 is 15.0 Å². The molecule has 2 aromatic rings. The minimum atomic E-state index is -0.588. The first-order valence-corrected chi connectivity index (χ1v) is 8.61. The number of aromatic nitrogens is 4. The number of rotatable bonds is 6. The number of carbonyl (C=O) groups excluding carboxylic acids is 3. The van der Waals surface area contributed by atoms with Crippen molar-refractivity contribution in [1.82, 2.24) is 25.1 Å². The molecule has 2 rings (SSSR count). The van der Waals surface area contributed by atoms with E-state index in [4.69, 9.17) is 4.74 Å². The standard InChI is InChI=1S/C15H20N6O4S/c1-6-25-15(24)11-8(2)12(14(23)20(3)4)26-13(11)16-10(22)7-9-17-18-19-21(9)5/h6-7H2,1-5H3,(H,16,22). The second-order valence-corrected chi connectivity index (χ2v) is 6.64.